The fourth-order valence-corrected chi connectivity index (χ4v) is 3.52. The zero-order chi connectivity index (χ0) is 21.5. The van der Waals surface area contributed by atoms with E-state index in [0.717, 1.165) is 31.2 Å². The molecule has 0 amide bonds. The van der Waals surface area contributed by atoms with Crippen LogP contribution in [-0.4, -0.2) is 35.1 Å². The second kappa shape index (κ2) is 10.1. The van der Waals surface area contributed by atoms with Crippen molar-refractivity contribution in [1.29, 1.82) is 0 Å². The van der Waals surface area contributed by atoms with Crippen molar-refractivity contribution in [2.75, 3.05) is 11.5 Å². The van der Waals surface area contributed by atoms with Crippen molar-refractivity contribution in [2.24, 2.45) is 0 Å². The van der Waals surface area contributed by atoms with Crippen molar-refractivity contribution < 1.29 is 10.2 Å². The Labute approximate surface area is 175 Å². The molecule has 3 aromatic rings. The van der Waals surface area contributed by atoms with E-state index in [4.69, 9.17) is 11.5 Å². The minimum atomic E-state index is -1.04. The Morgan fingerprint density at radius 2 is 1.67 bits per heavy atom. The standard InChI is InChI=1S/C21H29N7O2/c1-2-3-4-8-11-14(19-26-20(22)28-21(23)27-19)17(30)16-15(12-29)24-18(25-16)13-9-6-5-7-10-13/h5-7,9-10,14,17,29-30H,2-4,8,11-12H2,1H3,(H,24,25)(H4,22,23,26,27,28). The van der Waals surface area contributed by atoms with E-state index in [1.165, 1.54) is 0 Å². The summed E-state index contributed by atoms with van der Waals surface area (Å²) in [6.45, 7) is 1.86. The minimum Gasteiger partial charge on any atom is -0.390 e. The van der Waals surface area contributed by atoms with Gasteiger partial charge in [-0.05, 0) is 6.42 Å². The number of aliphatic hydroxyl groups excluding tert-OH is 2. The number of nitrogens with zero attached hydrogens (tertiary/aromatic N) is 4. The van der Waals surface area contributed by atoms with Crippen molar-refractivity contribution >= 4 is 11.9 Å². The van der Waals surface area contributed by atoms with E-state index < -0.39 is 12.0 Å². The number of H-pyrrole nitrogens is 1. The molecule has 0 aliphatic carbocycles. The number of hydrogen-bond acceptors (Lipinski definition) is 8. The second-order valence-electron chi connectivity index (χ2n) is 7.28. The van der Waals surface area contributed by atoms with Gasteiger partial charge in [0, 0.05) is 5.56 Å². The van der Waals surface area contributed by atoms with E-state index in [0.29, 0.717) is 29.5 Å². The normalized spacial score (nSPS) is 13.3. The number of nitrogens with one attached hydrogen (secondary N) is 1. The number of rotatable bonds is 10. The van der Waals surface area contributed by atoms with Crippen LogP contribution in [0.2, 0.25) is 0 Å². The maximum absolute atomic E-state index is 11.3. The summed E-state index contributed by atoms with van der Waals surface area (Å²) in [4.78, 5) is 20.0. The van der Waals surface area contributed by atoms with E-state index in [-0.39, 0.29) is 18.5 Å². The predicted molar refractivity (Wildman–Crippen MR) is 115 cm³/mol. The maximum atomic E-state index is 11.3. The van der Waals surface area contributed by atoms with Gasteiger partial charge in [0.2, 0.25) is 11.9 Å². The Bertz CT molecular complexity index is 926. The molecular weight excluding hydrogens is 382 g/mol. The molecule has 160 valence electrons. The third-order valence-corrected chi connectivity index (χ3v) is 5.06. The lowest BCUT2D eigenvalue weighted by molar-refractivity contribution is 0.127. The molecule has 0 aliphatic heterocycles. The van der Waals surface area contributed by atoms with Crippen LogP contribution in [-0.2, 0) is 6.61 Å². The number of aromatic nitrogens is 5. The summed E-state index contributed by atoms with van der Waals surface area (Å²) in [5, 5.41) is 21.1. The van der Waals surface area contributed by atoms with Gasteiger partial charge in [-0.15, -0.1) is 0 Å². The summed E-state index contributed by atoms with van der Waals surface area (Å²) >= 11 is 0. The van der Waals surface area contributed by atoms with E-state index in [1.54, 1.807) is 0 Å². The van der Waals surface area contributed by atoms with Crippen LogP contribution in [0.4, 0.5) is 11.9 Å². The molecule has 0 spiro atoms. The third kappa shape index (κ3) is 5.11. The summed E-state index contributed by atoms with van der Waals surface area (Å²) in [5.41, 5.74) is 13.2. The van der Waals surface area contributed by atoms with E-state index in [2.05, 4.69) is 31.8 Å². The van der Waals surface area contributed by atoms with Crippen molar-refractivity contribution in [3.8, 4) is 11.4 Å². The first kappa shape index (κ1) is 21.7. The average molecular weight is 412 g/mol. The van der Waals surface area contributed by atoms with E-state index in [1.807, 2.05) is 30.3 Å². The van der Waals surface area contributed by atoms with Crippen LogP contribution >= 0.6 is 0 Å². The third-order valence-electron chi connectivity index (χ3n) is 5.06. The van der Waals surface area contributed by atoms with Gasteiger partial charge in [0.25, 0.3) is 0 Å². The lowest BCUT2D eigenvalue weighted by Gasteiger charge is -2.21. The van der Waals surface area contributed by atoms with Crippen LogP contribution in [0.3, 0.4) is 0 Å². The van der Waals surface area contributed by atoms with Gasteiger partial charge in [-0.3, -0.25) is 0 Å². The van der Waals surface area contributed by atoms with Crippen LogP contribution in [0.5, 0.6) is 0 Å². The highest BCUT2D eigenvalue weighted by molar-refractivity contribution is 5.55. The molecule has 0 fully saturated rings. The zero-order valence-corrected chi connectivity index (χ0v) is 17.1. The van der Waals surface area contributed by atoms with Crippen molar-refractivity contribution in [2.45, 2.75) is 57.7 Å². The fraction of sp³-hybridized carbons (Fsp3) is 0.429. The van der Waals surface area contributed by atoms with Crippen molar-refractivity contribution in [1.82, 2.24) is 24.9 Å². The highest BCUT2D eigenvalue weighted by Gasteiger charge is 2.30. The lowest BCUT2D eigenvalue weighted by atomic mass is 9.91. The molecule has 0 saturated heterocycles. The summed E-state index contributed by atoms with van der Waals surface area (Å²) in [7, 11) is 0. The first-order valence-electron chi connectivity index (χ1n) is 10.2. The molecule has 2 heterocycles. The SMILES string of the molecule is CCCCCCC(c1nc(N)nc(N)n1)C(O)c1nc(-c2ccccc2)[nH]c1CO. The summed E-state index contributed by atoms with van der Waals surface area (Å²) in [6, 6.07) is 9.54. The number of anilines is 2. The number of aliphatic hydroxyl groups is 2. The molecule has 9 nitrogen and oxygen atoms in total. The van der Waals surface area contributed by atoms with E-state index >= 15 is 0 Å². The molecule has 0 aliphatic rings. The maximum Gasteiger partial charge on any atom is 0.225 e. The Hall–Kier alpha value is -3.04. The molecule has 2 unspecified atom stereocenters. The first-order valence-corrected chi connectivity index (χ1v) is 10.2. The summed E-state index contributed by atoms with van der Waals surface area (Å²) in [5.74, 6) is 0.451. The molecule has 0 radical (unpaired) electrons. The Kier molecular flexibility index (Phi) is 7.31. The predicted octanol–water partition coefficient (Wildman–Crippen LogP) is 2.71. The number of imidazole rings is 1. The Morgan fingerprint density at radius 3 is 2.30 bits per heavy atom. The van der Waals surface area contributed by atoms with Crippen molar-refractivity contribution in [3.05, 3.63) is 47.5 Å². The van der Waals surface area contributed by atoms with Gasteiger partial charge in [-0.1, -0.05) is 62.9 Å². The quantitative estimate of drug-likeness (QED) is 0.318. The van der Waals surface area contributed by atoms with Gasteiger partial charge in [-0.25, -0.2) is 4.98 Å². The number of nitrogens with two attached hydrogens (primary N) is 2. The molecule has 1 aromatic carbocycles. The first-order chi connectivity index (χ1) is 14.5. The minimum absolute atomic E-state index is 0.0117. The molecule has 2 aromatic heterocycles. The number of unbranched alkanes of at least 4 members (excludes halogenated alkanes) is 3. The lowest BCUT2D eigenvalue weighted by Crippen LogP contribution is -2.18. The van der Waals surface area contributed by atoms with Gasteiger partial charge in [-0.2, -0.15) is 15.0 Å². The van der Waals surface area contributed by atoms with Crippen LogP contribution < -0.4 is 11.5 Å². The molecule has 2 atom stereocenters. The Morgan fingerprint density at radius 1 is 0.967 bits per heavy atom. The largest absolute Gasteiger partial charge is 0.390 e. The van der Waals surface area contributed by atoms with Crippen molar-refractivity contribution in [3.63, 3.8) is 0 Å². The number of aromatic amines is 1. The zero-order valence-electron chi connectivity index (χ0n) is 17.1. The molecule has 30 heavy (non-hydrogen) atoms. The van der Waals surface area contributed by atoms with Crippen LogP contribution in [0.1, 0.15) is 68.3 Å². The Balaban J connectivity index is 1.95. The van der Waals surface area contributed by atoms with Crippen LogP contribution in [0.15, 0.2) is 30.3 Å². The molecule has 9 heteroatoms. The van der Waals surface area contributed by atoms with Gasteiger partial charge < -0.3 is 26.7 Å². The number of hydrogen-bond donors (Lipinski definition) is 5. The van der Waals surface area contributed by atoms with Gasteiger partial charge in [0.1, 0.15) is 17.8 Å². The van der Waals surface area contributed by atoms with Gasteiger partial charge in [0.05, 0.1) is 23.9 Å². The number of nitrogen functional groups attached to an aromatic ring is 2. The fourth-order valence-electron chi connectivity index (χ4n) is 3.52. The van der Waals surface area contributed by atoms with Gasteiger partial charge >= 0.3 is 0 Å². The van der Waals surface area contributed by atoms with Gasteiger partial charge in [0.15, 0.2) is 0 Å². The molecule has 0 bridgehead atoms. The smallest absolute Gasteiger partial charge is 0.225 e. The average Bonchev–Trinajstić information content (AvgIpc) is 3.18. The monoisotopic (exact) mass is 411 g/mol. The second-order valence-corrected chi connectivity index (χ2v) is 7.28. The van der Waals surface area contributed by atoms with E-state index in [9.17, 15) is 10.2 Å². The molecule has 0 saturated carbocycles. The highest BCUT2D eigenvalue weighted by Crippen LogP contribution is 2.35. The summed E-state index contributed by atoms with van der Waals surface area (Å²) < 4.78 is 0. The summed E-state index contributed by atoms with van der Waals surface area (Å²) in [6.07, 6.45) is 3.70. The molecule has 3 rings (SSSR count). The van der Waals surface area contributed by atoms with Crippen LogP contribution in [0, 0.1) is 0 Å². The topological polar surface area (TPSA) is 160 Å². The van der Waals surface area contributed by atoms with Crippen LogP contribution in [0.25, 0.3) is 11.4 Å². The number of benzene rings is 1. The molecule has 7 N–H and O–H groups in total. The highest BCUT2D eigenvalue weighted by atomic mass is 16.3. The molecular formula is C21H29N7O2.